The number of nitrogens with one attached hydrogen (secondary N) is 1. The number of hydrogen-bond acceptors (Lipinski definition) is 1. The lowest BCUT2D eigenvalue weighted by molar-refractivity contribution is -0.141. The van der Waals surface area contributed by atoms with Crippen LogP contribution in [-0.2, 0) is 0 Å². The van der Waals surface area contributed by atoms with Gasteiger partial charge in [0.2, 0.25) is 0 Å². The monoisotopic (exact) mass is 274 g/mol. The van der Waals surface area contributed by atoms with Crippen LogP contribution in [0.3, 0.4) is 0 Å². The molecule has 1 unspecified atom stereocenters. The highest BCUT2D eigenvalue weighted by molar-refractivity contribution is 7.71. The largest absolute Gasteiger partial charge is 0.391 e. The average Bonchev–Trinajstić information content (AvgIpc) is 2.50. The minimum atomic E-state index is -4.19. The fourth-order valence-electron chi connectivity index (χ4n) is 2.11. The molecular formula is C12H13F3N2S. The Bertz CT molecular complexity index is 624. The molecule has 2 rings (SSSR count). The lowest BCUT2D eigenvalue weighted by atomic mass is 10.2. The minimum Gasteiger partial charge on any atom is -0.331 e. The van der Waals surface area contributed by atoms with Crippen LogP contribution in [0.25, 0.3) is 11.0 Å². The van der Waals surface area contributed by atoms with E-state index in [1.165, 1.54) is 11.5 Å². The molecule has 0 aliphatic carbocycles. The van der Waals surface area contributed by atoms with Crippen molar-refractivity contribution in [2.75, 3.05) is 0 Å². The molecule has 1 aromatic heterocycles. The topological polar surface area (TPSA) is 20.7 Å². The van der Waals surface area contributed by atoms with Crippen molar-refractivity contribution in [3.63, 3.8) is 0 Å². The second-order valence-corrected chi connectivity index (χ2v) is 4.88. The van der Waals surface area contributed by atoms with Gasteiger partial charge >= 0.3 is 6.18 Å². The zero-order valence-electron chi connectivity index (χ0n) is 10.0. The Hall–Kier alpha value is -1.30. The molecule has 0 bridgehead atoms. The van der Waals surface area contributed by atoms with Crippen LogP contribution in [-0.4, -0.2) is 15.7 Å². The molecule has 0 saturated carbocycles. The normalized spacial score (nSPS) is 14.1. The SMILES string of the molecule is Cc1ccc2c(c1)[nH]c(=S)n2C(C)CC(F)(F)F. The van der Waals surface area contributed by atoms with Gasteiger partial charge in [0.1, 0.15) is 0 Å². The zero-order valence-corrected chi connectivity index (χ0v) is 10.8. The van der Waals surface area contributed by atoms with E-state index in [9.17, 15) is 13.2 Å². The van der Waals surface area contributed by atoms with Crippen LogP contribution in [0.4, 0.5) is 13.2 Å². The third-order valence-electron chi connectivity index (χ3n) is 2.84. The van der Waals surface area contributed by atoms with Gasteiger partial charge in [-0.2, -0.15) is 13.2 Å². The Morgan fingerprint density at radius 1 is 1.39 bits per heavy atom. The molecule has 0 fully saturated rings. The maximum absolute atomic E-state index is 12.4. The number of nitrogens with zero attached hydrogens (tertiary/aromatic N) is 1. The first-order chi connectivity index (χ1) is 8.28. The minimum absolute atomic E-state index is 0.326. The van der Waals surface area contributed by atoms with E-state index in [0.717, 1.165) is 11.1 Å². The van der Waals surface area contributed by atoms with E-state index < -0.39 is 18.6 Å². The Kier molecular flexibility index (Phi) is 3.23. The first-order valence-electron chi connectivity index (χ1n) is 5.55. The fraction of sp³-hybridized carbons (Fsp3) is 0.417. The lowest BCUT2D eigenvalue weighted by Crippen LogP contribution is -2.16. The maximum atomic E-state index is 12.4. The van der Waals surface area contributed by atoms with Gasteiger partial charge < -0.3 is 9.55 Å². The van der Waals surface area contributed by atoms with Crippen LogP contribution in [0.1, 0.15) is 24.9 Å². The van der Waals surface area contributed by atoms with Crippen molar-refractivity contribution in [2.24, 2.45) is 0 Å². The van der Waals surface area contributed by atoms with E-state index >= 15 is 0 Å². The van der Waals surface area contributed by atoms with Gasteiger partial charge in [0.25, 0.3) is 0 Å². The van der Waals surface area contributed by atoms with Gasteiger partial charge in [0.05, 0.1) is 17.5 Å². The summed E-state index contributed by atoms with van der Waals surface area (Å²) in [4.78, 5) is 2.94. The predicted octanol–water partition coefficient (Wildman–Crippen LogP) is 4.52. The predicted molar refractivity (Wildman–Crippen MR) is 67.2 cm³/mol. The van der Waals surface area contributed by atoms with Crippen LogP contribution in [0.5, 0.6) is 0 Å². The third-order valence-corrected chi connectivity index (χ3v) is 3.14. The number of H-pyrrole nitrogens is 1. The summed E-state index contributed by atoms with van der Waals surface area (Å²) in [7, 11) is 0. The highest BCUT2D eigenvalue weighted by Crippen LogP contribution is 2.30. The fourth-order valence-corrected chi connectivity index (χ4v) is 2.50. The van der Waals surface area contributed by atoms with Crippen molar-refractivity contribution >= 4 is 23.3 Å². The molecule has 0 aliphatic rings. The van der Waals surface area contributed by atoms with Gasteiger partial charge in [-0.15, -0.1) is 0 Å². The van der Waals surface area contributed by atoms with E-state index in [4.69, 9.17) is 12.2 Å². The first kappa shape index (κ1) is 13.1. The highest BCUT2D eigenvalue weighted by atomic mass is 32.1. The molecule has 0 spiro atoms. The van der Waals surface area contributed by atoms with Crippen molar-refractivity contribution < 1.29 is 13.2 Å². The number of halogens is 3. The van der Waals surface area contributed by atoms with Crippen LogP contribution >= 0.6 is 12.2 Å². The van der Waals surface area contributed by atoms with Crippen LogP contribution in [0, 0.1) is 11.7 Å². The number of aryl methyl sites for hydroxylation is 1. The van der Waals surface area contributed by atoms with E-state index in [2.05, 4.69) is 4.98 Å². The molecule has 6 heteroatoms. The van der Waals surface area contributed by atoms with Gasteiger partial charge in [-0.25, -0.2) is 0 Å². The second kappa shape index (κ2) is 4.42. The van der Waals surface area contributed by atoms with Crippen LogP contribution in [0.15, 0.2) is 18.2 Å². The molecular weight excluding hydrogens is 261 g/mol. The van der Waals surface area contributed by atoms with Crippen molar-refractivity contribution in [3.8, 4) is 0 Å². The second-order valence-electron chi connectivity index (χ2n) is 4.49. The third kappa shape index (κ3) is 2.58. The Balaban J connectivity index is 2.51. The van der Waals surface area contributed by atoms with Crippen LogP contribution in [0.2, 0.25) is 0 Å². The van der Waals surface area contributed by atoms with Crippen molar-refractivity contribution in [3.05, 3.63) is 28.5 Å². The van der Waals surface area contributed by atoms with Crippen LogP contribution < -0.4 is 0 Å². The molecule has 18 heavy (non-hydrogen) atoms. The van der Waals surface area contributed by atoms with Gasteiger partial charge in [-0.05, 0) is 43.8 Å². The lowest BCUT2D eigenvalue weighted by Gasteiger charge is -2.16. The average molecular weight is 274 g/mol. The maximum Gasteiger partial charge on any atom is 0.391 e. The number of rotatable bonds is 2. The van der Waals surface area contributed by atoms with Gasteiger partial charge in [0, 0.05) is 6.04 Å². The summed E-state index contributed by atoms with van der Waals surface area (Å²) in [6, 6.07) is 4.82. The van der Waals surface area contributed by atoms with E-state index in [1.54, 1.807) is 6.07 Å². The summed E-state index contributed by atoms with van der Waals surface area (Å²) in [6.45, 7) is 3.45. The number of benzene rings is 1. The number of alkyl halides is 3. The number of aromatic amines is 1. The molecule has 1 N–H and O–H groups in total. The molecule has 0 aliphatic heterocycles. The van der Waals surface area contributed by atoms with Gasteiger partial charge in [0.15, 0.2) is 4.77 Å². The molecule has 1 aromatic carbocycles. The molecule has 2 aromatic rings. The van der Waals surface area contributed by atoms with E-state index in [0.29, 0.717) is 10.3 Å². The van der Waals surface area contributed by atoms with E-state index in [1.807, 2.05) is 19.1 Å². The number of hydrogen-bond donors (Lipinski definition) is 1. The number of aromatic nitrogens is 2. The molecule has 98 valence electrons. The quantitative estimate of drug-likeness (QED) is 0.798. The molecule has 1 heterocycles. The molecule has 0 radical (unpaired) electrons. The van der Waals surface area contributed by atoms with Gasteiger partial charge in [-0.3, -0.25) is 0 Å². The Labute approximate surface area is 107 Å². The summed E-state index contributed by atoms with van der Waals surface area (Å²) in [5.74, 6) is 0. The Morgan fingerprint density at radius 3 is 2.67 bits per heavy atom. The summed E-state index contributed by atoms with van der Waals surface area (Å²) in [5.41, 5.74) is 2.52. The molecule has 0 saturated heterocycles. The highest BCUT2D eigenvalue weighted by Gasteiger charge is 2.31. The smallest absolute Gasteiger partial charge is 0.331 e. The van der Waals surface area contributed by atoms with Crippen molar-refractivity contribution in [2.45, 2.75) is 32.5 Å². The van der Waals surface area contributed by atoms with Crippen molar-refractivity contribution in [1.82, 2.24) is 9.55 Å². The van der Waals surface area contributed by atoms with Crippen molar-refractivity contribution in [1.29, 1.82) is 0 Å². The summed E-state index contributed by atoms with van der Waals surface area (Å²) in [5, 5.41) is 0. The molecule has 0 amide bonds. The summed E-state index contributed by atoms with van der Waals surface area (Å²) >= 11 is 5.10. The van der Waals surface area contributed by atoms with E-state index in [-0.39, 0.29) is 0 Å². The number of imidazole rings is 1. The standard InChI is InChI=1S/C12H13F3N2S/c1-7-3-4-10-9(5-7)16-11(18)17(10)8(2)6-12(13,14)15/h3-5,8H,6H2,1-2H3,(H,16,18). The zero-order chi connectivity index (χ0) is 13.5. The summed E-state index contributed by atoms with van der Waals surface area (Å²) < 4.78 is 39.2. The molecule has 2 nitrogen and oxygen atoms in total. The van der Waals surface area contributed by atoms with Gasteiger partial charge in [-0.1, -0.05) is 6.07 Å². The first-order valence-corrected chi connectivity index (χ1v) is 5.96. The molecule has 1 atom stereocenters. The summed E-state index contributed by atoms with van der Waals surface area (Å²) in [6.07, 6.45) is -5.08. The number of fused-ring (bicyclic) bond motifs is 1. The Morgan fingerprint density at radius 2 is 2.06 bits per heavy atom.